The van der Waals surface area contributed by atoms with Gasteiger partial charge in [-0.1, -0.05) is 35.5 Å². The molecule has 106 valence electrons. The fourth-order valence-electron chi connectivity index (χ4n) is 2.00. The zero-order valence-electron chi connectivity index (χ0n) is 11.3. The molecule has 1 aromatic heterocycles. The van der Waals surface area contributed by atoms with Gasteiger partial charge in [0.1, 0.15) is 5.84 Å². The average molecular weight is 317 g/mol. The van der Waals surface area contributed by atoms with Gasteiger partial charge in [0.2, 0.25) is 0 Å². The van der Waals surface area contributed by atoms with Crippen molar-refractivity contribution in [3.63, 3.8) is 0 Å². The molecule has 21 heavy (non-hydrogen) atoms. The highest BCUT2D eigenvalue weighted by atomic mass is 35.5. The third kappa shape index (κ3) is 2.89. The molecule has 1 heterocycles. The van der Waals surface area contributed by atoms with E-state index in [2.05, 4.69) is 16.0 Å². The molecule has 3 rings (SSSR count). The van der Waals surface area contributed by atoms with Gasteiger partial charge in [-0.3, -0.25) is 5.41 Å². The van der Waals surface area contributed by atoms with Crippen molar-refractivity contribution < 1.29 is 0 Å². The van der Waals surface area contributed by atoms with E-state index < -0.39 is 0 Å². The Morgan fingerprint density at radius 2 is 2.10 bits per heavy atom. The van der Waals surface area contributed by atoms with Crippen LogP contribution in [0.4, 0.5) is 0 Å². The van der Waals surface area contributed by atoms with E-state index in [1.165, 1.54) is 17.3 Å². The largest absolute Gasteiger partial charge is 0.384 e. The molecule has 0 fully saturated rings. The molecule has 0 bridgehead atoms. The number of hydrogen-bond acceptors (Lipinski definition) is 3. The van der Waals surface area contributed by atoms with E-state index in [9.17, 15) is 0 Å². The second-order valence-corrected chi connectivity index (χ2v) is 6.16. The van der Waals surface area contributed by atoms with Gasteiger partial charge < -0.3 is 10.7 Å². The number of H-pyrrole nitrogens is 1. The van der Waals surface area contributed by atoms with Gasteiger partial charge in [0.05, 0.1) is 16.1 Å². The number of aromatic amines is 1. The standard InChI is InChI=1S/C15H13ClN4S/c1-8-2-4-11-12(6-8)20-15(19-11)21-13-5-3-9(14(17)18)7-10(13)16/h2-7H,1H3,(H3,17,18)(H,19,20). The smallest absolute Gasteiger partial charge is 0.171 e. The monoisotopic (exact) mass is 316 g/mol. The van der Waals surface area contributed by atoms with E-state index in [0.717, 1.165) is 21.1 Å². The van der Waals surface area contributed by atoms with Gasteiger partial charge >= 0.3 is 0 Å². The predicted octanol–water partition coefficient (Wildman–Crippen LogP) is 3.96. The Morgan fingerprint density at radius 1 is 1.29 bits per heavy atom. The van der Waals surface area contributed by atoms with Crippen molar-refractivity contribution in [1.82, 2.24) is 9.97 Å². The van der Waals surface area contributed by atoms with Gasteiger partial charge in [-0.05, 0) is 36.8 Å². The van der Waals surface area contributed by atoms with Crippen LogP contribution in [0.15, 0.2) is 46.5 Å². The number of nitrogens with two attached hydrogens (primary N) is 1. The summed E-state index contributed by atoms with van der Waals surface area (Å²) in [5, 5.41) is 8.76. The molecule has 6 heteroatoms. The number of rotatable bonds is 3. The lowest BCUT2D eigenvalue weighted by molar-refractivity contribution is 1.08. The van der Waals surface area contributed by atoms with Crippen LogP contribution >= 0.6 is 23.4 Å². The van der Waals surface area contributed by atoms with Crippen molar-refractivity contribution in [2.75, 3.05) is 0 Å². The normalized spacial score (nSPS) is 11.0. The molecule has 0 radical (unpaired) electrons. The summed E-state index contributed by atoms with van der Waals surface area (Å²) in [6, 6.07) is 11.4. The molecule has 0 amide bonds. The van der Waals surface area contributed by atoms with Crippen molar-refractivity contribution >= 4 is 40.2 Å². The van der Waals surface area contributed by atoms with Crippen LogP contribution in [0.2, 0.25) is 5.02 Å². The van der Waals surface area contributed by atoms with Crippen molar-refractivity contribution in [3.8, 4) is 0 Å². The minimum absolute atomic E-state index is 0.00709. The Morgan fingerprint density at radius 3 is 2.81 bits per heavy atom. The first kappa shape index (κ1) is 14.0. The molecule has 0 spiro atoms. The van der Waals surface area contributed by atoms with Crippen LogP contribution in [0, 0.1) is 12.3 Å². The highest BCUT2D eigenvalue weighted by Gasteiger charge is 2.09. The summed E-state index contributed by atoms with van der Waals surface area (Å²) < 4.78 is 0. The van der Waals surface area contributed by atoms with Gasteiger partial charge in [0.25, 0.3) is 0 Å². The fraction of sp³-hybridized carbons (Fsp3) is 0.0667. The number of nitrogen functional groups attached to an aromatic ring is 1. The maximum Gasteiger partial charge on any atom is 0.171 e. The quantitative estimate of drug-likeness (QED) is 0.505. The molecular formula is C15H13ClN4S. The zero-order chi connectivity index (χ0) is 15.0. The van der Waals surface area contributed by atoms with Crippen LogP contribution in [-0.2, 0) is 0 Å². The Labute approximate surface area is 131 Å². The molecule has 0 saturated carbocycles. The van der Waals surface area contributed by atoms with E-state index in [0.29, 0.717) is 10.6 Å². The molecule has 0 atom stereocenters. The third-order valence-electron chi connectivity index (χ3n) is 3.07. The maximum atomic E-state index is 7.41. The Hall–Kier alpha value is -1.98. The predicted molar refractivity (Wildman–Crippen MR) is 87.4 cm³/mol. The van der Waals surface area contributed by atoms with Gasteiger partial charge in [0.15, 0.2) is 5.16 Å². The molecule has 0 unspecified atom stereocenters. The lowest BCUT2D eigenvalue weighted by Gasteiger charge is -2.04. The molecule has 0 saturated heterocycles. The second kappa shape index (κ2) is 5.42. The van der Waals surface area contributed by atoms with Crippen molar-refractivity contribution in [3.05, 3.63) is 52.5 Å². The first-order valence-electron chi connectivity index (χ1n) is 6.31. The molecule has 2 aromatic carbocycles. The van der Waals surface area contributed by atoms with Gasteiger partial charge in [-0.2, -0.15) is 0 Å². The van der Waals surface area contributed by atoms with Crippen LogP contribution in [-0.4, -0.2) is 15.8 Å². The highest BCUT2D eigenvalue weighted by molar-refractivity contribution is 7.99. The summed E-state index contributed by atoms with van der Waals surface area (Å²) in [5.41, 5.74) is 9.19. The summed E-state index contributed by atoms with van der Waals surface area (Å²) in [6.07, 6.45) is 0. The summed E-state index contributed by atoms with van der Waals surface area (Å²) in [6.45, 7) is 2.05. The van der Waals surface area contributed by atoms with E-state index in [-0.39, 0.29) is 5.84 Å². The number of benzene rings is 2. The molecule has 0 aliphatic rings. The zero-order valence-corrected chi connectivity index (χ0v) is 12.8. The van der Waals surface area contributed by atoms with Crippen LogP contribution in [0.1, 0.15) is 11.1 Å². The van der Waals surface area contributed by atoms with E-state index >= 15 is 0 Å². The number of hydrogen-bond donors (Lipinski definition) is 3. The summed E-state index contributed by atoms with van der Waals surface area (Å²) >= 11 is 7.69. The van der Waals surface area contributed by atoms with Gasteiger partial charge in [-0.25, -0.2) is 4.98 Å². The lowest BCUT2D eigenvalue weighted by Crippen LogP contribution is -2.10. The summed E-state index contributed by atoms with van der Waals surface area (Å²) in [7, 11) is 0. The van der Waals surface area contributed by atoms with Crippen LogP contribution in [0.25, 0.3) is 11.0 Å². The second-order valence-electron chi connectivity index (χ2n) is 4.72. The number of halogens is 1. The number of fused-ring (bicyclic) bond motifs is 1. The van der Waals surface area contributed by atoms with Crippen molar-refractivity contribution in [2.24, 2.45) is 5.73 Å². The minimum Gasteiger partial charge on any atom is -0.384 e. The van der Waals surface area contributed by atoms with Gasteiger partial charge in [0, 0.05) is 10.5 Å². The Balaban J connectivity index is 1.93. The van der Waals surface area contributed by atoms with E-state index in [1.54, 1.807) is 12.1 Å². The molecular weight excluding hydrogens is 304 g/mol. The van der Waals surface area contributed by atoms with Crippen LogP contribution < -0.4 is 5.73 Å². The summed E-state index contributed by atoms with van der Waals surface area (Å²) in [5.74, 6) is 0.00709. The molecule has 3 aromatic rings. The van der Waals surface area contributed by atoms with Gasteiger partial charge in [-0.15, -0.1) is 0 Å². The number of aryl methyl sites for hydroxylation is 1. The first-order valence-corrected chi connectivity index (χ1v) is 7.50. The number of nitrogens with one attached hydrogen (secondary N) is 2. The highest BCUT2D eigenvalue weighted by Crippen LogP contribution is 2.33. The van der Waals surface area contributed by atoms with E-state index in [1.807, 2.05) is 25.1 Å². The Kier molecular flexibility index (Phi) is 3.61. The number of imidazole rings is 1. The Bertz CT molecular complexity index is 841. The van der Waals surface area contributed by atoms with E-state index in [4.69, 9.17) is 22.7 Å². The topological polar surface area (TPSA) is 78.6 Å². The molecule has 4 nitrogen and oxygen atoms in total. The van der Waals surface area contributed by atoms with Crippen LogP contribution in [0.3, 0.4) is 0 Å². The van der Waals surface area contributed by atoms with Crippen molar-refractivity contribution in [2.45, 2.75) is 17.0 Å². The maximum absolute atomic E-state index is 7.41. The number of aromatic nitrogens is 2. The fourth-order valence-corrected chi connectivity index (χ4v) is 3.11. The molecule has 4 N–H and O–H groups in total. The molecule has 0 aliphatic carbocycles. The van der Waals surface area contributed by atoms with Crippen molar-refractivity contribution in [1.29, 1.82) is 5.41 Å². The SMILES string of the molecule is Cc1ccc2nc(Sc3ccc(C(=N)N)cc3Cl)[nH]c2c1. The summed E-state index contributed by atoms with van der Waals surface area (Å²) in [4.78, 5) is 8.68. The molecule has 0 aliphatic heterocycles. The van der Waals surface area contributed by atoms with Crippen LogP contribution in [0.5, 0.6) is 0 Å². The first-order chi connectivity index (χ1) is 10.0. The lowest BCUT2D eigenvalue weighted by atomic mass is 10.2. The average Bonchev–Trinajstić information content (AvgIpc) is 2.82. The minimum atomic E-state index is 0.00709. The third-order valence-corrected chi connectivity index (χ3v) is 4.45. The number of amidine groups is 1. The number of nitrogens with zero attached hydrogens (tertiary/aromatic N) is 1.